The van der Waals surface area contributed by atoms with Crippen LogP contribution in [0.3, 0.4) is 0 Å². The molecule has 0 radical (unpaired) electrons. The molecule has 288 valence electrons. The first kappa shape index (κ1) is 41.9. The molecule has 2 amide bonds. The first-order chi connectivity index (χ1) is 25.4. The minimum Gasteiger partial charge on any atom is -0.480 e. The number of halogens is 5. The molecule has 2 aromatic carbocycles. The van der Waals surface area contributed by atoms with Crippen LogP contribution in [0, 0.1) is 11.3 Å². The normalized spacial score (nSPS) is 18.4. The Labute approximate surface area is 317 Å². The summed E-state index contributed by atoms with van der Waals surface area (Å²) in [6.45, 7) is 1.64. The van der Waals surface area contributed by atoms with Crippen molar-refractivity contribution >= 4 is 62.7 Å². The van der Waals surface area contributed by atoms with Crippen molar-refractivity contribution in [2.75, 3.05) is 25.0 Å². The lowest BCUT2D eigenvalue weighted by atomic mass is 10.0. The molecule has 3 aromatic rings. The molecular weight excluding hydrogens is 780 g/mol. The van der Waals surface area contributed by atoms with Gasteiger partial charge in [0.25, 0.3) is 5.91 Å². The topological polar surface area (TPSA) is 210 Å². The average molecular weight is 814 g/mol. The van der Waals surface area contributed by atoms with Crippen molar-refractivity contribution in [1.29, 1.82) is 5.26 Å². The fourth-order valence-electron chi connectivity index (χ4n) is 5.95. The molecule has 5 rings (SSSR count). The molecule has 20 heteroatoms. The Morgan fingerprint density at radius 2 is 1.61 bits per heavy atom. The van der Waals surface area contributed by atoms with Crippen molar-refractivity contribution in [3.63, 3.8) is 0 Å². The molecule has 4 N–H and O–H groups in total. The lowest BCUT2D eigenvalue weighted by molar-refractivity contribution is -0.192. The number of nitrogens with zero attached hydrogens (tertiary/aromatic N) is 4. The second-order valence-electron chi connectivity index (χ2n) is 12.3. The Morgan fingerprint density at radius 1 is 1.00 bits per heavy atom. The third-order valence-corrected chi connectivity index (χ3v) is 11.0. The van der Waals surface area contributed by atoms with Crippen LogP contribution >= 0.6 is 23.2 Å². The van der Waals surface area contributed by atoms with Crippen LogP contribution in [0.25, 0.3) is 0 Å². The zero-order valence-corrected chi connectivity index (χ0v) is 30.4. The van der Waals surface area contributed by atoms with E-state index < -0.39 is 52.0 Å². The number of aromatic nitrogens is 1. The number of benzene rings is 2. The fourth-order valence-corrected chi connectivity index (χ4v) is 8.17. The summed E-state index contributed by atoms with van der Waals surface area (Å²) >= 11 is 12.1. The number of anilines is 1. The number of alkyl halides is 3. The number of pyridine rings is 1. The molecule has 0 saturated carbocycles. The summed E-state index contributed by atoms with van der Waals surface area (Å²) in [6, 6.07) is 11.2. The van der Waals surface area contributed by atoms with Gasteiger partial charge in [0.05, 0.1) is 32.1 Å². The molecule has 2 fully saturated rings. The molecule has 1 aromatic heterocycles. The van der Waals surface area contributed by atoms with E-state index in [1.165, 1.54) is 36.7 Å². The maximum Gasteiger partial charge on any atom is 0.490 e. The predicted octanol–water partition coefficient (Wildman–Crippen LogP) is 4.58. The highest BCUT2D eigenvalue weighted by molar-refractivity contribution is 7.89. The zero-order chi connectivity index (χ0) is 39.8. The van der Waals surface area contributed by atoms with E-state index in [0.717, 1.165) is 36.7 Å². The van der Waals surface area contributed by atoms with E-state index in [9.17, 15) is 46.3 Å². The first-order valence-corrected chi connectivity index (χ1v) is 18.4. The number of nitriles is 1. The van der Waals surface area contributed by atoms with Crippen molar-refractivity contribution in [3.05, 3.63) is 87.7 Å². The zero-order valence-electron chi connectivity index (χ0n) is 28.1. The molecule has 0 bridgehead atoms. The standard InChI is InChI=1S/C32H32Cl2N6O6S.C2HF3O2/c33-25-17-36-18-26(34)29(25)31(42)37-22-9-7-20(8-10-22)14-27(32(43)44)38-30(41)28-15-23(39-11-2-1-3-12-39)19-40(28)47(45,46)24-6-4-5-21(13-24)16-35;3-2(4,5)1(6)7/h4-10,13,17-18,23,27-28H,1-3,11-12,14-15,19H2,(H,37,42)(H,38,41)(H,43,44);(H,6,7)/t23-,27+,28+;/m1./s1. The van der Waals surface area contributed by atoms with E-state index in [1.54, 1.807) is 24.3 Å². The van der Waals surface area contributed by atoms with Gasteiger partial charge in [0.2, 0.25) is 15.9 Å². The number of carboxylic acid groups (broad SMARTS) is 2. The second kappa shape index (κ2) is 18.0. The van der Waals surface area contributed by atoms with Gasteiger partial charge in [0.1, 0.15) is 12.1 Å². The van der Waals surface area contributed by atoms with Crippen molar-refractivity contribution in [2.24, 2.45) is 0 Å². The number of aliphatic carboxylic acids is 2. The summed E-state index contributed by atoms with van der Waals surface area (Å²) in [7, 11) is -4.20. The van der Waals surface area contributed by atoms with Crippen molar-refractivity contribution < 1.29 is 51.0 Å². The highest BCUT2D eigenvalue weighted by atomic mass is 35.5. The predicted molar refractivity (Wildman–Crippen MR) is 188 cm³/mol. The Bertz CT molecular complexity index is 2010. The average Bonchev–Trinajstić information content (AvgIpc) is 3.59. The van der Waals surface area contributed by atoms with Crippen molar-refractivity contribution in [2.45, 2.75) is 61.3 Å². The molecular formula is C34H33Cl2F3N6O8S. The molecule has 2 aliphatic heterocycles. The molecule has 14 nitrogen and oxygen atoms in total. The monoisotopic (exact) mass is 812 g/mol. The Morgan fingerprint density at radius 3 is 2.17 bits per heavy atom. The fraction of sp³-hybridized carbons (Fsp3) is 0.353. The maximum absolute atomic E-state index is 13.8. The number of hydrogen-bond donors (Lipinski definition) is 4. The summed E-state index contributed by atoms with van der Waals surface area (Å²) in [5.74, 6) is -5.32. The summed E-state index contributed by atoms with van der Waals surface area (Å²) in [5, 5.41) is 31.9. The Hall–Kier alpha value is -4.80. The number of carbonyl (C=O) groups is 4. The highest BCUT2D eigenvalue weighted by Gasteiger charge is 2.46. The van der Waals surface area contributed by atoms with Gasteiger partial charge < -0.3 is 20.8 Å². The highest BCUT2D eigenvalue weighted by Crippen LogP contribution is 2.31. The molecule has 2 aliphatic rings. The van der Waals surface area contributed by atoms with Crippen LogP contribution < -0.4 is 10.6 Å². The van der Waals surface area contributed by atoms with Crippen LogP contribution in [0.4, 0.5) is 18.9 Å². The van der Waals surface area contributed by atoms with Crippen molar-refractivity contribution in [1.82, 2.24) is 19.5 Å². The summed E-state index contributed by atoms with van der Waals surface area (Å²) in [4.78, 5) is 53.5. The molecule has 2 saturated heterocycles. The van der Waals surface area contributed by atoms with Crippen LogP contribution in [0.5, 0.6) is 0 Å². The SMILES string of the molecule is N#Cc1cccc(S(=O)(=O)N2C[C@H](N3CCCCC3)C[C@H]2C(=O)N[C@@H](Cc2ccc(NC(=O)c3c(Cl)cncc3Cl)cc2)C(=O)O)c1.O=C(O)C(F)(F)F. The lowest BCUT2D eigenvalue weighted by Crippen LogP contribution is -2.51. The molecule has 0 spiro atoms. The van der Waals surface area contributed by atoms with Crippen LogP contribution in [0.1, 0.15) is 47.2 Å². The van der Waals surface area contributed by atoms with Gasteiger partial charge >= 0.3 is 18.1 Å². The van der Waals surface area contributed by atoms with E-state index in [2.05, 4.69) is 20.5 Å². The maximum atomic E-state index is 13.8. The van der Waals surface area contributed by atoms with Gasteiger partial charge in [-0.1, -0.05) is 47.8 Å². The van der Waals surface area contributed by atoms with Gasteiger partial charge in [-0.2, -0.15) is 22.7 Å². The minimum atomic E-state index is -5.08. The number of nitrogens with one attached hydrogen (secondary N) is 2. The van der Waals surface area contributed by atoms with Gasteiger partial charge in [-0.25, -0.2) is 18.0 Å². The molecule has 3 atom stereocenters. The Kier molecular flexibility index (Phi) is 14.0. The number of carbonyl (C=O) groups excluding carboxylic acids is 2. The number of amides is 2. The molecule has 54 heavy (non-hydrogen) atoms. The number of rotatable bonds is 10. The largest absolute Gasteiger partial charge is 0.490 e. The molecule has 3 heterocycles. The van der Waals surface area contributed by atoms with E-state index in [4.69, 9.17) is 33.1 Å². The van der Waals surface area contributed by atoms with Crippen LogP contribution in [-0.4, -0.2) is 101 Å². The quantitative estimate of drug-likeness (QED) is 0.223. The molecule has 0 aliphatic carbocycles. The number of piperidine rings is 1. The van der Waals surface area contributed by atoms with Crippen LogP contribution in [0.2, 0.25) is 10.0 Å². The van der Waals surface area contributed by atoms with Crippen LogP contribution in [0.15, 0.2) is 65.8 Å². The van der Waals surface area contributed by atoms with Gasteiger partial charge in [0, 0.05) is 37.1 Å². The first-order valence-electron chi connectivity index (χ1n) is 16.2. The van der Waals surface area contributed by atoms with Crippen molar-refractivity contribution in [3.8, 4) is 6.07 Å². The molecule has 0 unspecified atom stereocenters. The van der Waals surface area contributed by atoms with E-state index in [-0.39, 0.29) is 51.5 Å². The summed E-state index contributed by atoms with van der Waals surface area (Å²) < 4.78 is 60.6. The van der Waals surface area contributed by atoms with E-state index in [0.29, 0.717) is 11.3 Å². The number of carboxylic acids is 2. The third kappa shape index (κ3) is 10.7. The lowest BCUT2D eigenvalue weighted by Gasteiger charge is -2.32. The van der Waals surface area contributed by atoms with Gasteiger partial charge in [0.15, 0.2) is 0 Å². The number of hydrogen-bond acceptors (Lipinski definition) is 9. The van der Waals surface area contributed by atoms with E-state index in [1.807, 2.05) is 6.07 Å². The second-order valence-corrected chi connectivity index (χ2v) is 15.0. The number of likely N-dealkylation sites (tertiary alicyclic amines) is 1. The minimum absolute atomic E-state index is 0.0596. The van der Waals surface area contributed by atoms with Crippen LogP contribution in [-0.2, 0) is 30.8 Å². The third-order valence-electron chi connectivity index (χ3n) is 8.60. The number of sulfonamides is 1. The van der Waals surface area contributed by atoms with Gasteiger partial charge in [-0.05, 0) is 68.2 Å². The summed E-state index contributed by atoms with van der Waals surface area (Å²) in [6.07, 6.45) is 0.638. The van der Waals surface area contributed by atoms with Gasteiger partial charge in [-0.15, -0.1) is 0 Å². The van der Waals surface area contributed by atoms with Gasteiger partial charge in [-0.3, -0.25) is 19.5 Å². The Balaban J connectivity index is 0.000000845. The van der Waals surface area contributed by atoms with E-state index >= 15 is 0 Å². The smallest absolute Gasteiger partial charge is 0.480 e. The summed E-state index contributed by atoms with van der Waals surface area (Å²) in [5.41, 5.74) is 1.17.